The van der Waals surface area contributed by atoms with Crippen LogP contribution in [0.4, 0.5) is 5.82 Å². The van der Waals surface area contributed by atoms with Crippen molar-refractivity contribution in [2.75, 3.05) is 18.5 Å². The highest BCUT2D eigenvalue weighted by molar-refractivity contribution is 6.33. The van der Waals surface area contributed by atoms with Crippen molar-refractivity contribution >= 4 is 23.4 Å². The van der Waals surface area contributed by atoms with Crippen LogP contribution in [0, 0.1) is 5.92 Å². The Bertz CT molecular complexity index is 433. The summed E-state index contributed by atoms with van der Waals surface area (Å²) in [5.41, 5.74) is -0.0790. The fourth-order valence-electron chi connectivity index (χ4n) is 1.95. The van der Waals surface area contributed by atoms with Gasteiger partial charge in [-0.2, -0.15) is 0 Å². The lowest BCUT2D eigenvalue weighted by molar-refractivity contribution is 0.0691. The van der Waals surface area contributed by atoms with Gasteiger partial charge in [0.25, 0.3) is 0 Å². The molecule has 1 aliphatic rings. The summed E-state index contributed by atoms with van der Waals surface area (Å²) in [6.07, 6.45) is 3.81. The van der Waals surface area contributed by atoms with E-state index in [9.17, 15) is 4.79 Å². The van der Waals surface area contributed by atoms with Crippen molar-refractivity contribution < 1.29 is 9.90 Å². The molecule has 1 saturated carbocycles. The van der Waals surface area contributed by atoms with E-state index in [4.69, 9.17) is 16.7 Å². The number of pyridine rings is 1. The zero-order valence-electron chi connectivity index (χ0n) is 9.69. The summed E-state index contributed by atoms with van der Waals surface area (Å²) < 4.78 is 0. The first-order chi connectivity index (χ1) is 8.08. The molecular formula is C12H15ClN2O2. The predicted molar refractivity (Wildman–Crippen MR) is 66.8 cm³/mol. The third kappa shape index (κ3) is 2.69. The topological polar surface area (TPSA) is 53.4 Å². The van der Waals surface area contributed by atoms with Crippen LogP contribution in [0.15, 0.2) is 12.1 Å². The molecule has 1 aromatic heterocycles. The van der Waals surface area contributed by atoms with Crippen molar-refractivity contribution in [3.8, 4) is 0 Å². The Balaban J connectivity index is 2.14. The summed E-state index contributed by atoms with van der Waals surface area (Å²) in [7, 11) is 1.93. The molecule has 17 heavy (non-hydrogen) atoms. The number of halogens is 1. The first-order valence-electron chi connectivity index (χ1n) is 5.69. The average Bonchev–Trinajstić information content (AvgIpc) is 2.23. The first kappa shape index (κ1) is 12.2. The van der Waals surface area contributed by atoms with Gasteiger partial charge in [0.1, 0.15) is 5.82 Å². The van der Waals surface area contributed by atoms with Gasteiger partial charge in [-0.05, 0) is 30.9 Å². The molecule has 0 unspecified atom stereocenters. The number of carbonyl (C=O) groups is 1. The Morgan fingerprint density at radius 1 is 1.59 bits per heavy atom. The van der Waals surface area contributed by atoms with Crippen molar-refractivity contribution in [1.82, 2.24) is 4.98 Å². The van der Waals surface area contributed by atoms with Gasteiger partial charge in [-0.25, -0.2) is 9.78 Å². The van der Waals surface area contributed by atoms with Crippen molar-refractivity contribution in [2.24, 2.45) is 5.92 Å². The molecule has 0 aliphatic heterocycles. The maximum Gasteiger partial charge on any atom is 0.356 e. The number of aromatic nitrogens is 1. The summed E-state index contributed by atoms with van der Waals surface area (Å²) in [5.74, 6) is 0.290. The van der Waals surface area contributed by atoms with Crippen LogP contribution in [-0.2, 0) is 0 Å². The van der Waals surface area contributed by atoms with E-state index in [2.05, 4.69) is 4.98 Å². The van der Waals surface area contributed by atoms with Crippen LogP contribution in [-0.4, -0.2) is 29.7 Å². The number of hydrogen-bond donors (Lipinski definition) is 1. The Labute approximate surface area is 105 Å². The monoisotopic (exact) mass is 254 g/mol. The molecule has 1 aromatic rings. The normalized spacial score (nSPS) is 15.4. The second-order valence-electron chi connectivity index (χ2n) is 4.48. The van der Waals surface area contributed by atoms with Crippen LogP contribution in [0.25, 0.3) is 0 Å². The molecule has 5 heteroatoms. The van der Waals surface area contributed by atoms with E-state index in [1.165, 1.54) is 19.3 Å². The van der Waals surface area contributed by atoms with Crippen molar-refractivity contribution in [2.45, 2.75) is 19.3 Å². The number of nitrogens with zero attached hydrogens (tertiary/aromatic N) is 2. The maximum absolute atomic E-state index is 10.9. The van der Waals surface area contributed by atoms with E-state index in [-0.39, 0.29) is 10.7 Å². The molecule has 1 aliphatic carbocycles. The van der Waals surface area contributed by atoms with Gasteiger partial charge in [0.05, 0.1) is 5.02 Å². The van der Waals surface area contributed by atoms with E-state index < -0.39 is 5.97 Å². The largest absolute Gasteiger partial charge is 0.476 e. The van der Waals surface area contributed by atoms with Gasteiger partial charge < -0.3 is 10.0 Å². The smallest absolute Gasteiger partial charge is 0.356 e. The molecule has 0 bridgehead atoms. The minimum atomic E-state index is -1.09. The van der Waals surface area contributed by atoms with Gasteiger partial charge in [-0.3, -0.25) is 0 Å². The highest BCUT2D eigenvalue weighted by Gasteiger charge is 2.20. The second kappa shape index (κ2) is 4.92. The van der Waals surface area contributed by atoms with Crippen LogP contribution >= 0.6 is 11.6 Å². The standard InChI is InChI=1S/C12H15ClN2O2/c1-15(7-8-3-2-4-8)10-6-5-9(13)11(14-10)12(16)17/h5-6,8H,2-4,7H2,1H3,(H,16,17). The Morgan fingerprint density at radius 3 is 2.82 bits per heavy atom. The van der Waals surface area contributed by atoms with Crippen LogP contribution in [0.2, 0.25) is 5.02 Å². The highest BCUT2D eigenvalue weighted by Crippen LogP contribution is 2.28. The van der Waals surface area contributed by atoms with Gasteiger partial charge >= 0.3 is 5.97 Å². The number of hydrogen-bond acceptors (Lipinski definition) is 3. The SMILES string of the molecule is CN(CC1CCC1)c1ccc(Cl)c(C(=O)O)n1. The van der Waals surface area contributed by atoms with Gasteiger partial charge in [-0.15, -0.1) is 0 Å². The van der Waals surface area contributed by atoms with Gasteiger partial charge in [0.15, 0.2) is 5.69 Å². The number of anilines is 1. The number of carboxylic acid groups (broad SMARTS) is 1. The number of rotatable bonds is 4. The molecule has 0 atom stereocenters. The second-order valence-corrected chi connectivity index (χ2v) is 4.89. The zero-order valence-corrected chi connectivity index (χ0v) is 10.4. The van der Waals surface area contributed by atoms with Crippen LogP contribution in [0.5, 0.6) is 0 Å². The quantitative estimate of drug-likeness (QED) is 0.898. The predicted octanol–water partition coefficient (Wildman–Crippen LogP) is 2.67. The van der Waals surface area contributed by atoms with Crippen LogP contribution in [0.1, 0.15) is 29.8 Å². The minimum Gasteiger partial charge on any atom is -0.476 e. The van der Waals surface area contributed by atoms with Crippen LogP contribution < -0.4 is 4.90 Å². The van der Waals surface area contributed by atoms with Crippen molar-refractivity contribution in [1.29, 1.82) is 0 Å². The van der Waals surface area contributed by atoms with Crippen LogP contribution in [0.3, 0.4) is 0 Å². The molecule has 4 nitrogen and oxygen atoms in total. The lowest BCUT2D eigenvalue weighted by Gasteiger charge is -2.30. The molecule has 0 spiro atoms. The lowest BCUT2D eigenvalue weighted by atomic mass is 9.85. The minimum absolute atomic E-state index is 0.0790. The number of carboxylic acids is 1. The van der Waals surface area contributed by atoms with Gasteiger partial charge in [0, 0.05) is 13.6 Å². The average molecular weight is 255 g/mol. The fourth-order valence-corrected chi connectivity index (χ4v) is 2.14. The van der Waals surface area contributed by atoms with Crippen molar-refractivity contribution in [3.05, 3.63) is 22.8 Å². The molecule has 2 rings (SSSR count). The van der Waals surface area contributed by atoms with Gasteiger partial charge in [0.2, 0.25) is 0 Å². The van der Waals surface area contributed by atoms with E-state index >= 15 is 0 Å². The lowest BCUT2D eigenvalue weighted by Crippen LogP contribution is -2.30. The molecule has 1 fully saturated rings. The van der Waals surface area contributed by atoms with Gasteiger partial charge in [-0.1, -0.05) is 18.0 Å². The molecule has 1 N–H and O–H groups in total. The summed E-state index contributed by atoms with van der Waals surface area (Å²) in [6.45, 7) is 0.924. The van der Waals surface area contributed by atoms with E-state index in [1.807, 2.05) is 11.9 Å². The molecule has 1 heterocycles. The Morgan fingerprint density at radius 2 is 2.29 bits per heavy atom. The van der Waals surface area contributed by atoms with E-state index in [0.717, 1.165) is 6.54 Å². The molecular weight excluding hydrogens is 240 g/mol. The summed E-state index contributed by atoms with van der Waals surface area (Å²) in [6, 6.07) is 3.35. The molecule has 0 aromatic carbocycles. The number of aromatic carboxylic acids is 1. The van der Waals surface area contributed by atoms with Crippen molar-refractivity contribution in [3.63, 3.8) is 0 Å². The fraction of sp³-hybridized carbons (Fsp3) is 0.500. The molecule has 0 saturated heterocycles. The Kier molecular flexibility index (Phi) is 3.52. The summed E-state index contributed by atoms with van der Waals surface area (Å²) in [5, 5.41) is 9.12. The third-order valence-electron chi connectivity index (χ3n) is 3.18. The van der Waals surface area contributed by atoms with E-state index in [0.29, 0.717) is 11.7 Å². The zero-order chi connectivity index (χ0) is 12.4. The first-order valence-corrected chi connectivity index (χ1v) is 6.06. The molecule has 0 amide bonds. The Hall–Kier alpha value is -1.29. The van der Waals surface area contributed by atoms with E-state index in [1.54, 1.807) is 12.1 Å². The third-order valence-corrected chi connectivity index (χ3v) is 3.49. The molecule has 92 valence electrons. The molecule has 0 radical (unpaired) electrons. The summed E-state index contributed by atoms with van der Waals surface area (Å²) >= 11 is 5.78. The maximum atomic E-state index is 10.9. The highest BCUT2D eigenvalue weighted by atomic mass is 35.5. The summed E-state index contributed by atoms with van der Waals surface area (Å²) in [4.78, 5) is 17.0.